The van der Waals surface area contributed by atoms with Crippen LogP contribution in [0.1, 0.15) is 54.6 Å². The molecule has 0 amide bonds. The fourth-order valence-corrected chi connectivity index (χ4v) is 2.95. The Labute approximate surface area is 126 Å². The molecule has 1 aromatic heterocycles. The average molecular weight is 294 g/mol. The maximum absolute atomic E-state index is 10.7. The third-order valence-corrected chi connectivity index (χ3v) is 4.26. The van der Waals surface area contributed by atoms with Crippen LogP contribution in [0.15, 0.2) is 16.7 Å². The number of hydrogen-bond acceptors (Lipinski definition) is 4. The van der Waals surface area contributed by atoms with Gasteiger partial charge in [-0.1, -0.05) is 19.3 Å². The lowest BCUT2D eigenvalue weighted by Gasteiger charge is -2.31. The van der Waals surface area contributed by atoms with Gasteiger partial charge >= 0.3 is 5.97 Å². The molecule has 0 bridgehead atoms. The van der Waals surface area contributed by atoms with Gasteiger partial charge in [-0.15, -0.1) is 0 Å². The van der Waals surface area contributed by atoms with E-state index in [0.717, 1.165) is 25.6 Å². The molecule has 5 nitrogen and oxygen atoms in total. The van der Waals surface area contributed by atoms with Crippen LogP contribution in [0.2, 0.25) is 0 Å². The van der Waals surface area contributed by atoms with Crippen LogP contribution in [0.4, 0.5) is 0 Å². The fourth-order valence-electron chi connectivity index (χ4n) is 2.95. The highest BCUT2D eigenvalue weighted by molar-refractivity contribution is 5.87. The van der Waals surface area contributed by atoms with Crippen molar-refractivity contribution in [1.82, 2.24) is 10.2 Å². The topological polar surface area (TPSA) is 65.7 Å². The zero-order valence-corrected chi connectivity index (χ0v) is 12.8. The maximum atomic E-state index is 10.7. The molecule has 1 aromatic rings. The van der Waals surface area contributed by atoms with Gasteiger partial charge in [0.05, 0.1) is 12.1 Å². The molecule has 1 fully saturated rings. The van der Waals surface area contributed by atoms with E-state index in [9.17, 15) is 4.79 Å². The predicted molar refractivity (Wildman–Crippen MR) is 81.5 cm³/mol. The van der Waals surface area contributed by atoms with Gasteiger partial charge in [-0.25, -0.2) is 4.79 Å². The molecule has 118 valence electrons. The average Bonchev–Trinajstić information content (AvgIpc) is 2.97. The highest BCUT2D eigenvalue weighted by Gasteiger charge is 2.17. The first-order valence-electron chi connectivity index (χ1n) is 7.88. The van der Waals surface area contributed by atoms with Crippen molar-refractivity contribution in [2.45, 2.75) is 51.1 Å². The lowest BCUT2D eigenvalue weighted by Crippen LogP contribution is -2.35. The van der Waals surface area contributed by atoms with Crippen molar-refractivity contribution in [2.75, 3.05) is 20.1 Å². The Bertz CT molecular complexity index is 438. The molecule has 2 rings (SSSR count). The molecule has 0 aromatic carbocycles. The highest BCUT2D eigenvalue weighted by Crippen LogP contribution is 2.21. The molecule has 1 saturated carbocycles. The first kappa shape index (κ1) is 16.0. The van der Waals surface area contributed by atoms with Gasteiger partial charge in [0.25, 0.3) is 0 Å². The van der Waals surface area contributed by atoms with E-state index in [-0.39, 0.29) is 5.56 Å². The zero-order chi connectivity index (χ0) is 15.1. The molecule has 0 aliphatic heterocycles. The zero-order valence-electron chi connectivity index (χ0n) is 12.8. The van der Waals surface area contributed by atoms with Crippen LogP contribution in [-0.4, -0.2) is 42.2 Å². The van der Waals surface area contributed by atoms with Gasteiger partial charge in [0.1, 0.15) is 12.0 Å². The summed E-state index contributed by atoms with van der Waals surface area (Å²) in [4.78, 5) is 13.2. The Kier molecular flexibility index (Phi) is 6.26. The molecule has 5 heteroatoms. The monoisotopic (exact) mass is 294 g/mol. The van der Waals surface area contributed by atoms with Crippen molar-refractivity contribution in [3.05, 3.63) is 23.7 Å². The van der Waals surface area contributed by atoms with E-state index >= 15 is 0 Å². The molecule has 1 heterocycles. The predicted octanol–water partition coefficient (Wildman–Crippen LogP) is 2.72. The largest absolute Gasteiger partial charge is 0.478 e. The van der Waals surface area contributed by atoms with Gasteiger partial charge in [-0.2, -0.15) is 0 Å². The van der Waals surface area contributed by atoms with Crippen molar-refractivity contribution in [3.63, 3.8) is 0 Å². The number of nitrogens with one attached hydrogen (secondary N) is 1. The number of furan rings is 1. The molecule has 0 unspecified atom stereocenters. The van der Waals surface area contributed by atoms with Crippen LogP contribution in [0.25, 0.3) is 0 Å². The van der Waals surface area contributed by atoms with Gasteiger partial charge in [0.2, 0.25) is 0 Å². The van der Waals surface area contributed by atoms with Crippen LogP contribution >= 0.6 is 0 Å². The summed E-state index contributed by atoms with van der Waals surface area (Å²) in [6.45, 7) is 2.61. The molecule has 1 aliphatic carbocycles. The van der Waals surface area contributed by atoms with Gasteiger partial charge in [-0.3, -0.25) is 0 Å². The molecule has 2 N–H and O–H groups in total. The van der Waals surface area contributed by atoms with E-state index in [1.165, 1.54) is 38.4 Å². The number of carboxylic acid groups (broad SMARTS) is 1. The fraction of sp³-hybridized carbons (Fsp3) is 0.688. The Balaban J connectivity index is 1.57. The van der Waals surface area contributed by atoms with E-state index < -0.39 is 5.97 Å². The summed E-state index contributed by atoms with van der Waals surface area (Å²) < 4.78 is 5.20. The summed E-state index contributed by atoms with van der Waals surface area (Å²) in [6.07, 6.45) is 9.21. The maximum Gasteiger partial charge on any atom is 0.338 e. The summed E-state index contributed by atoms with van der Waals surface area (Å²) >= 11 is 0. The van der Waals surface area contributed by atoms with Gasteiger partial charge in [0.15, 0.2) is 0 Å². The number of rotatable bonds is 8. The number of aromatic carboxylic acids is 1. The minimum Gasteiger partial charge on any atom is -0.478 e. The molecule has 1 aliphatic rings. The minimum atomic E-state index is -0.945. The van der Waals surface area contributed by atoms with Gasteiger partial charge in [0, 0.05) is 6.04 Å². The molecule has 0 saturated heterocycles. The second-order valence-electron chi connectivity index (χ2n) is 5.91. The van der Waals surface area contributed by atoms with Crippen molar-refractivity contribution in [3.8, 4) is 0 Å². The summed E-state index contributed by atoms with van der Waals surface area (Å²) in [5, 5.41) is 12.1. The van der Waals surface area contributed by atoms with Crippen LogP contribution < -0.4 is 5.32 Å². The molecular weight excluding hydrogens is 268 g/mol. The summed E-state index contributed by atoms with van der Waals surface area (Å²) in [5.41, 5.74) is 0.212. The number of nitrogens with zero attached hydrogens (tertiary/aromatic N) is 1. The van der Waals surface area contributed by atoms with Crippen molar-refractivity contribution in [2.24, 2.45) is 0 Å². The van der Waals surface area contributed by atoms with E-state index in [1.54, 1.807) is 6.07 Å². The molecule has 0 atom stereocenters. The Hall–Kier alpha value is -1.33. The number of carbonyl (C=O) groups is 1. The lowest BCUT2D eigenvalue weighted by molar-refractivity contribution is 0.0696. The molecule has 0 spiro atoms. The Morgan fingerprint density at radius 2 is 2.19 bits per heavy atom. The Morgan fingerprint density at radius 1 is 1.43 bits per heavy atom. The molecular formula is C16H26N2O3. The first-order valence-corrected chi connectivity index (χ1v) is 7.88. The summed E-state index contributed by atoms with van der Waals surface area (Å²) in [6, 6.07) is 2.34. The van der Waals surface area contributed by atoms with E-state index in [0.29, 0.717) is 12.3 Å². The first-order chi connectivity index (χ1) is 10.2. The summed E-state index contributed by atoms with van der Waals surface area (Å²) in [5.74, 6) is -0.271. The third kappa shape index (κ3) is 5.17. The SMILES string of the molecule is CN(CCCNCc1cc(C(=O)O)co1)C1CCCCC1. The van der Waals surface area contributed by atoms with Gasteiger partial charge in [-0.05, 0) is 45.5 Å². The molecule has 21 heavy (non-hydrogen) atoms. The van der Waals surface area contributed by atoms with E-state index in [4.69, 9.17) is 9.52 Å². The van der Waals surface area contributed by atoms with Crippen molar-refractivity contribution >= 4 is 5.97 Å². The van der Waals surface area contributed by atoms with E-state index in [1.807, 2.05) is 0 Å². The van der Waals surface area contributed by atoms with Crippen molar-refractivity contribution < 1.29 is 14.3 Å². The highest BCUT2D eigenvalue weighted by atomic mass is 16.4. The van der Waals surface area contributed by atoms with Crippen LogP contribution in [0.3, 0.4) is 0 Å². The smallest absolute Gasteiger partial charge is 0.338 e. The second kappa shape index (κ2) is 8.20. The second-order valence-corrected chi connectivity index (χ2v) is 5.91. The van der Waals surface area contributed by atoms with Crippen LogP contribution in [0.5, 0.6) is 0 Å². The standard InChI is InChI=1S/C16H26N2O3/c1-18(14-6-3-2-4-7-14)9-5-8-17-11-15-10-13(12-21-15)16(19)20/h10,12,14,17H,2-9,11H2,1H3,(H,19,20). The van der Waals surface area contributed by atoms with Crippen molar-refractivity contribution in [1.29, 1.82) is 0 Å². The van der Waals surface area contributed by atoms with Gasteiger partial charge < -0.3 is 19.7 Å². The third-order valence-electron chi connectivity index (χ3n) is 4.26. The van der Waals surface area contributed by atoms with Crippen LogP contribution in [0, 0.1) is 0 Å². The van der Waals surface area contributed by atoms with Crippen LogP contribution in [-0.2, 0) is 6.54 Å². The summed E-state index contributed by atoms with van der Waals surface area (Å²) in [7, 11) is 2.22. The minimum absolute atomic E-state index is 0.212. The quantitative estimate of drug-likeness (QED) is 0.722. The van der Waals surface area contributed by atoms with E-state index in [2.05, 4.69) is 17.3 Å². The number of hydrogen-bond donors (Lipinski definition) is 2. The number of carboxylic acids is 1. The lowest BCUT2D eigenvalue weighted by atomic mass is 9.94. The Morgan fingerprint density at radius 3 is 2.86 bits per heavy atom. The normalized spacial score (nSPS) is 16.5. The molecule has 0 radical (unpaired) electrons.